The van der Waals surface area contributed by atoms with Crippen LogP contribution in [0.1, 0.15) is 16.8 Å². The van der Waals surface area contributed by atoms with Crippen LogP contribution in [0.5, 0.6) is 0 Å². The maximum atomic E-state index is 12.2. The molecule has 0 atom stereocenters. The van der Waals surface area contributed by atoms with Gasteiger partial charge in [0.1, 0.15) is 16.5 Å². The molecule has 22 heavy (non-hydrogen) atoms. The summed E-state index contributed by atoms with van der Waals surface area (Å²) in [6.07, 6.45) is 0.762. The highest BCUT2D eigenvalue weighted by Gasteiger charge is 2.26. The molecule has 0 saturated carbocycles. The number of sulfone groups is 1. The maximum absolute atomic E-state index is 12.2. The second-order valence-corrected chi connectivity index (χ2v) is 7.16. The molecule has 0 aliphatic heterocycles. The first-order valence-electron chi connectivity index (χ1n) is 6.97. The molecule has 0 amide bonds. The zero-order valence-corrected chi connectivity index (χ0v) is 13.5. The van der Waals surface area contributed by atoms with E-state index in [1.165, 1.54) is 0 Å². The molecular weight excluding hydrogens is 298 g/mol. The molecule has 0 aliphatic rings. The Balaban J connectivity index is 2.37. The fourth-order valence-electron chi connectivity index (χ4n) is 2.59. The molecule has 2 N–H and O–H groups in total. The summed E-state index contributed by atoms with van der Waals surface area (Å²) in [7, 11) is -3.66. The predicted octanol–water partition coefficient (Wildman–Crippen LogP) is 2.23. The Labute approximate surface area is 130 Å². The van der Waals surface area contributed by atoms with Crippen molar-refractivity contribution in [1.82, 2.24) is 4.57 Å². The van der Waals surface area contributed by atoms with Crippen molar-refractivity contribution in [3.63, 3.8) is 0 Å². The lowest BCUT2D eigenvalue weighted by Crippen LogP contribution is -2.11. The quantitative estimate of drug-likeness (QED) is 0.915. The van der Waals surface area contributed by atoms with Crippen LogP contribution < -0.4 is 5.73 Å². The number of aryl methyl sites for hydroxylation is 1. The van der Waals surface area contributed by atoms with Crippen LogP contribution in [-0.2, 0) is 22.8 Å². The number of nitrogen functional groups attached to an aromatic ring is 1. The van der Waals surface area contributed by atoms with Crippen molar-refractivity contribution in [3.8, 4) is 6.07 Å². The highest BCUT2D eigenvalue weighted by molar-refractivity contribution is 7.91. The molecule has 0 unspecified atom stereocenters. The predicted molar refractivity (Wildman–Crippen MR) is 86.1 cm³/mol. The molecule has 2 rings (SSSR count). The third kappa shape index (κ3) is 3.00. The number of hydrogen-bond donors (Lipinski definition) is 1. The van der Waals surface area contributed by atoms with Gasteiger partial charge >= 0.3 is 0 Å². The molecule has 1 aromatic heterocycles. The van der Waals surface area contributed by atoms with Crippen LogP contribution in [0.15, 0.2) is 35.2 Å². The fourth-order valence-corrected chi connectivity index (χ4v) is 3.94. The summed E-state index contributed by atoms with van der Waals surface area (Å²) in [5.41, 5.74) is 8.67. The van der Waals surface area contributed by atoms with Crippen LogP contribution in [-0.4, -0.2) is 18.7 Å². The Morgan fingerprint density at radius 3 is 2.45 bits per heavy atom. The molecule has 0 radical (unpaired) electrons. The highest BCUT2D eigenvalue weighted by atomic mass is 32.2. The summed E-state index contributed by atoms with van der Waals surface area (Å²) in [6, 6.07) is 11.6. The van der Waals surface area contributed by atoms with Crippen molar-refractivity contribution in [3.05, 3.63) is 47.2 Å². The lowest BCUT2D eigenvalue weighted by atomic mass is 10.1. The zero-order valence-electron chi connectivity index (χ0n) is 12.7. The van der Waals surface area contributed by atoms with Crippen LogP contribution in [0.4, 0.5) is 5.82 Å². The van der Waals surface area contributed by atoms with Gasteiger partial charge in [0.25, 0.3) is 0 Å². The van der Waals surface area contributed by atoms with Gasteiger partial charge < -0.3 is 10.3 Å². The van der Waals surface area contributed by atoms with Gasteiger partial charge in [-0.2, -0.15) is 5.26 Å². The van der Waals surface area contributed by atoms with Crippen molar-refractivity contribution in [2.75, 3.05) is 11.5 Å². The molecular formula is C16H19N3O2S. The molecule has 0 aliphatic carbocycles. The first-order valence-corrected chi connectivity index (χ1v) is 8.62. The molecule has 0 bridgehead atoms. The summed E-state index contributed by atoms with van der Waals surface area (Å²) in [6.45, 7) is 4.18. The minimum absolute atomic E-state index is 0.0969. The Bertz CT molecular complexity index is 815. The lowest BCUT2D eigenvalue weighted by molar-refractivity contribution is 0.599. The number of anilines is 1. The molecule has 1 aromatic carbocycles. The third-order valence-corrected chi connectivity index (χ3v) is 5.49. The summed E-state index contributed by atoms with van der Waals surface area (Å²) >= 11 is 0. The summed E-state index contributed by atoms with van der Waals surface area (Å²) in [4.78, 5) is 0.0969. The van der Waals surface area contributed by atoms with E-state index in [-0.39, 0.29) is 10.7 Å². The second kappa shape index (κ2) is 6.24. The van der Waals surface area contributed by atoms with Crippen molar-refractivity contribution in [2.24, 2.45) is 0 Å². The molecule has 5 nitrogen and oxygen atoms in total. The van der Waals surface area contributed by atoms with Crippen LogP contribution >= 0.6 is 0 Å². The van der Waals surface area contributed by atoms with Gasteiger partial charge in [0.2, 0.25) is 0 Å². The molecule has 1 heterocycles. The van der Waals surface area contributed by atoms with E-state index in [0.29, 0.717) is 12.1 Å². The van der Waals surface area contributed by atoms with Gasteiger partial charge in [-0.1, -0.05) is 30.3 Å². The van der Waals surface area contributed by atoms with Crippen LogP contribution in [0.25, 0.3) is 0 Å². The highest BCUT2D eigenvalue weighted by Crippen LogP contribution is 2.29. The maximum Gasteiger partial charge on any atom is 0.195 e. The van der Waals surface area contributed by atoms with E-state index < -0.39 is 15.6 Å². The SMILES string of the molecule is Cc1c(S(=O)(=O)CC#N)c(N)n(CCc2ccccc2)c1C. The minimum atomic E-state index is -3.66. The molecule has 2 aromatic rings. The molecule has 0 fully saturated rings. The largest absolute Gasteiger partial charge is 0.384 e. The monoisotopic (exact) mass is 317 g/mol. The van der Waals surface area contributed by atoms with Crippen LogP contribution in [0.2, 0.25) is 0 Å². The standard InChI is InChI=1S/C16H19N3O2S/c1-12-13(2)19(10-8-14-6-4-3-5-7-14)16(18)15(12)22(20,21)11-9-17/h3-7H,8,10-11,18H2,1-2H3. The number of hydrogen-bond acceptors (Lipinski definition) is 4. The number of rotatable bonds is 5. The number of benzene rings is 1. The van der Waals surface area contributed by atoms with E-state index in [1.54, 1.807) is 13.0 Å². The first-order chi connectivity index (χ1) is 10.4. The number of nitrogens with two attached hydrogens (primary N) is 1. The van der Waals surface area contributed by atoms with Crippen LogP contribution in [0, 0.1) is 25.2 Å². The second-order valence-electron chi connectivity index (χ2n) is 5.23. The third-order valence-electron chi connectivity index (χ3n) is 3.84. The van der Waals surface area contributed by atoms with Gasteiger partial charge in [-0.15, -0.1) is 0 Å². The van der Waals surface area contributed by atoms with Gasteiger partial charge in [-0.05, 0) is 31.4 Å². The van der Waals surface area contributed by atoms with E-state index in [9.17, 15) is 8.42 Å². The summed E-state index contributed by atoms with van der Waals surface area (Å²) < 4.78 is 26.2. The van der Waals surface area contributed by atoms with E-state index in [0.717, 1.165) is 17.7 Å². The molecule has 0 spiro atoms. The Hall–Kier alpha value is -2.26. The number of aromatic nitrogens is 1. The van der Waals surface area contributed by atoms with Crippen LogP contribution in [0.3, 0.4) is 0 Å². The normalized spacial score (nSPS) is 11.3. The molecule has 0 saturated heterocycles. The Morgan fingerprint density at radius 2 is 1.86 bits per heavy atom. The first kappa shape index (κ1) is 16.1. The van der Waals surface area contributed by atoms with E-state index >= 15 is 0 Å². The summed E-state index contributed by atoms with van der Waals surface area (Å²) in [5, 5.41) is 8.70. The lowest BCUT2D eigenvalue weighted by Gasteiger charge is -2.09. The Morgan fingerprint density at radius 1 is 1.23 bits per heavy atom. The number of nitriles is 1. The number of nitrogens with zero attached hydrogens (tertiary/aromatic N) is 2. The van der Waals surface area contributed by atoms with Gasteiger partial charge in [0, 0.05) is 12.2 Å². The topological polar surface area (TPSA) is 88.9 Å². The molecule has 6 heteroatoms. The van der Waals surface area contributed by atoms with Crippen molar-refractivity contribution in [2.45, 2.75) is 31.7 Å². The average molecular weight is 317 g/mol. The Kier molecular flexibility index (Phi) is 4.57. The average Bonchev–Trinajstić information content (AvgIpc) is 2.69. The van der Waals surface area contributed by atoms with Crippen molar-refractivity contribution in [1.29, 1.82) is 5.26 Å². The molecule has 116 valence electrons. The van der Waals surface area contributed by atoms with Crippen molar-refractivity contribution >= 4 is 15.7 Å². The summed E-state index contributed by atoms with van der Waals surface area (Å²) in [5.74, 6) is -0.332. The van der Waals surface area contributed by atoms with Crippen molar-refractivity contribution < 1.29 is 8.42 Å². The smallest absolute Gasteiger partial charge is 0.195 e. The van der Waals surface area contributed by atoms with Gasteiger partial charge in [-0.3, -0.25) is 0 Å². The minimum Gasteiger partial charge on any atom is -0.384 e. The van der Waals surface area contributed by atoms with E-state index in [4.69, 9.17) is 11.0 Å². The van der Waals surface area contributed by atoms with E-state index in [1.807, 2.05) is 41.8 Å². The van der Waals surface area contributed by atoms with Gasteiger partial charge in [-0.25, -0.2) is 8.42 Å². The van der Waals surface area contributed by atoms with E-state index in [2.05, 4.69) is 0 Å². The fraction of sp³-hybridized carbons (Fsp3) is 0.312. The van der Waals surface area contributed by atoms with Gasteiger partial charge in [0.15, 0.2) is 9.84 Å². The zero-order chi connectivity index (χ0) is 16.3. The van der Waals surface area contributed by atoms with Gasteiger partial charge in [0.05, 0.1) is 6.07 Å².